The summed E-state index contributed by atoms with van der Waals surface area (Å²) in [6.07, 6.45) is 0. The minimum Gasteiger partial charge on any atom is -0.484 e. The van der Waals surface area contributed by atoms with Gasteiger partial charge in [0.15, 0.2) is 6.61 Å². The molecule has 0 atom stereocenters. The van der Waals surface area contributed by atoms with Crippen LogP contribution in [0, 0.1) is 0 Å². The Bertz CT molecular complexity index is 564. The van der Waals surface area contributed by atoms with E-state index in [-0.39, 0.29) is 17.4 Å². The van der Waals surface area contributed by atoms with E-state index < -0.39 is 10.0 Å². The summed E-state index contributed by atoms with van der Waals surface area (Å²) in [6, 6.07) is 5.60. The standard InChI is InChI=1S/C12H16N2O5S/c13-20(16,17)11-3-1-10(2-4-11)19-9-12(15)14-5-7-18-8-6-14/h1-4H,5-9H2,(H2,13,16,17). The van der Waals surface area contributed by atoms with Crippen LogP contribution in [0.25, 0.3) is 0 Å². The first-order valence-electron chi connectivity index (χ1n) is 6.08. The Balaban J connectivity index is 1.89. The Morgan fingerprint density at radius 3 is 2.40 bits per heavy atom. The first-order valence-corrected chi connectivity index (χ1v) is 7.62. The largest absolute Gasteiger partial charge is 0.484 e. The zero-order valence-corrected chi connectivity index (χ0v) is 11.6. The van der Waals surface area contributed by atoms with E-state index in [9.17, 15) is 13.2 Å². The van der Waals surface area contributed by atoms with Crippen LogP contribution in [0.2, 0.25) is 0 Å². The van der Waals surface area contributed by atoms with E-state index in [2.05, 4.69) is 0 Å². The number of hydrogen-bond acceptors (Lipinski definition) is 5. The lowest BCUT2D eigenvalue weighted by Gasteiger charge is -2.26. The fraction of sp³-hybridized carbons (Fsp3) is 0.417. The highest BCUT2D eigenvalue weighted by Crippen LogP contribution is 2.15. The van der Waals surface area contributed by atoms with Crippen molar-refractivity contribution in [3.8, 4) is 5.75 Å². The fourth-order valence-electron chi connectivity index (χ4n) is 1.77. The molecule has 1 aromatic carbocycles. The van der Waals surface area contributed by atoms with Crippen LogP contribution >= 0.6 is 0 Å². The Morgan fingerprint density at radius 1 is 1.25 bits per heavy atom. The average molecular weight is 300 g/mol. The second kappa shape index (κ2) is 6.21. The van der Waals surface area contributed by atoms with Crippen LogP contribution < -0.4 is 9.88 Å². The summed E-state index contributed by atoms with van der Waals surface area (Å²) in [4.78, 5) is 13.5. The molecular formula is C12H16N2O5S. The molecule has 0 aromatic heterocycles. The molecule has 7 nitrogen and oxygen atoms in total. The third-order valence-electron chi connectivity index (χ3n) is 2.88. The molecule has 0 unspecified atom stereocenters. The first kappa shape index (κ1) is 14.8. The molecule has 1 aromatic rings. The van der Waals surface area contributed by atoms with Crippen LogP contribution in [0.3, 0.4) is 0 Å². The summed E-state index contributed by atoms with van der Waals surface area (Å²) in [7, 11) is -3.71. The SMILES string of the molecule is NS(=O)(=O)c1ccc(OCC(=O)N2CCOCC2)cc1. The summed E-state index contributed by atoms with van der Waals surface area (Å²) in [5.74, 6) is 0.294. The van der Waals surface area contributed by atoms with Gasteiger partial charge in [-0.25, -0.2) is 13.6 Å². The van der Waals surface area contributed by atoms with Gasteiger partial charge in [-0.1, -0.05) is 0 Å². The molecule has 0 aliphatic carbocycles. The van der Waals surface area contributed by atoms with Gasteiger partial charge in [0, 0.05) is 13.1 Å². The zero-order chi connectivity index (χ0) is 14.6. The molecule has 1 heterocycles. The lowest BCUT2D eigenvalue weighted by atomic mass is 10.3. The number of hydrogen-bond donors (Lipinski definition) is 1. The summed E-state index contributed by atoms with van der Waals surface area (Å²) in [5, 5.41) is 4.99. The van der Waals surface area contributed by atoms with Crippen molar-refractivity contribution in [2.45, 2.75) is 4.90 Å². The van der Waals surface area contributed by atoms with Crippen LogP contribution in [0.15, 0.2) is 29.2 Å². The van der Waals surface area contributed by atoms with Gasteiger partial charge in [-0.3, -0.25) is 4.79 Å². The molecule has 2 rings (SSSR count). The molecule has 1 saturated heterocycles. The predicted octanol–water partition coefficient (Wildman–Crippen LogP) is -0.428. The minimum absolute atomic E-state index is 0.00403. The van der Waals surface area contributed by atoms with Gasteiger partial charge in [0.05, 0.1) is 18.1 Å². The Morgan fingerprint density at radius 2 is 1.85 bits per heavy atom. The number of ether oxygens (including phenoxy) is 2. The third-order valence-corrected chi connectivity index (χ3v) is 3.81. The molecular weight excluding hydrogens is 284 g/mol. The Hall–Kier alpha value is -1.64. The van der Waals surface area contributed by atoms with Gasteiger partial charge in [-0.15, -0.1) is 0 Å². The average Bonchev–Trinajstić information content (AvgIpc) is 2.45. The van der Waals surface area contributed by atoms with Crippen LogP contribution in [0.4, 0.5) is 0 Å². The van der Waals surface area contributed by atoms with Gasteiger partial charge in [0.25, 0.3) is 5.91 Å². The molecule has 0 saturated carbocycles. The van der Waals surface area contributed by atoms with E-state index in [4.69, 9.17) is 14.6 Å². The number of nitrogens with zero attached hydrogens (tertiary/aromatic N) is 1. The summed E-state index contributed by atoms with van der Waals surface area (Å²) >= 11 is 0. The number of rotatable bonds is 4. The normalized spacial score (nSPS) is 15.9. The molecule has 0 bridgehead atoms. The van der Waals surface area contributed by atoms with Crippen LogP contribution in [-0.2, 0) is 19.6 Å². The molecule has 1 aliphatic heterocycles. The van der Waals surface area contributed by atoms with Crippen molar-refractivity contribution < 1.29 is 22.7 Å². The summed E-state index contributed by atoms with van der Waals surface area (Å²) < 4.78 is 32.6. The fourth-order valence-corrected chi connectivity index (χ4v) is 2.29. The maximum Gasteiger partial charge on any atom is 0.260 e. The second-order valence-electron chi connectivity index (χ2n) is 4.30. The van der Waals surface area contributed by atoms with Gasteiger partial charge >= 0.3 is 0 Å². The number of carbonyl (C=O) groups excluding carboxylic acids is 1. The topological polar surface area (TPSA) is 98.9 Å². The minimum atomic E-state index is -3.71. The monoisotopic (exact) mass is 300 g/mol. The van der Waals surface area contributed by atoms with Crippen molar-refractivity contribution >= 4 is 15.9 Å². The molecule has 2 N–H and O–H groups in total. The molecule has 1 amide bonds. The maximum absolute atomic E-state index is 11.8. The van der Waals surface area contributed by atoms with E-state index in [1.54, 1.807) is 4.90 Å². The highest BCUT2D eigenvalue weighted by atomic mass is 32.2. The van der Waals surface area contributed by atoms with E-state index in [0.29, 0.717) is 32.1 Å². The quantitative estimate of drug-likeness (QED) is 0.813. The highest BCUT2D eigenvalue weighted by Gasteiger charge is 2.17. The molecule has 1 fully saturated rings. The molecule has 0 radical (unpaired) electrons. The third kappa shape index (κ3) is 3.92. The lowest BCUT2D eigenvalue weighted by Crippen LogP contribution is -2.42. The lowest BCUT2D eigenvalue weighted by molar-refractivity contribution is -0.137. The Kier molecular flexibility index (Phi) is 4.58. The maximum atomic E-state index is 11.8. The molecule has 0 spiro atoms. The molecule has 8 heteroatoms. The van der Waals surface area contributed by atoms with Crippen molar-refractivity contribution in [3.63, 3.8) is 0 Å². The van der Waals surface area contributed by atoms with E-state index in [0.717, 1.165) is 0 Å². The van der Waals surface area contributed by atoms with E-state index in [1.807, 2.05) is 0 Å². The van der Waals surface area contributed by atoms with Gasteiger partial charge in [0.1, 0.15) is 5.75 Å². The van der Waals surface area contributed by atoms with Crippen molar-refractivity contribution in [3.05, 3.63) is 24.3 Å². The van der Waals surface area contributed by atoms with Crippen LogP contribution in [0.1, 0.15) is 0 Å². The van der Waals surface area contributed by atoms with Gasteiger partial charge < -0.3 is 14.4 Å². The second-order valence-corrected chi connectivity index (χ2v) is 5.86. The van der Waals surface area contributed by atoms with Gasteiger partial charge in [0.2, 0.25) is 10.0 Å². The first-order chi connectivity index (χ1) is 9.47. The Labute approximate surface area is 117 Å². The summed E-state index contributed by atoms with van der Waals surface area (Å²) in [6.45, 7) is 2.11. The number of morpholine rings is 1. The van der Waals surface area contributed by atoms with Crippen molar-refractivity contribution in [1.29, 1.82) is 0 Å². The van der Waals surface area contributed by atoms with E-state index in [1.165, 1.54) is 24.3 Å². The van der Waals surface area contributed by atoms with Gasteiger partial charge in [-0.05, 0) is 24.3 Å². The predicted molar refractivity (Wildman–Crippen MR) is 70.7 cm³/mol. The smallest absolute Gasteiger partial charge is 0.260 e. The number of sulfonamides is 1. The molecule has 110 valence electrons. The number of benzene rings is 1. The van der Waals surface area contributed by atoms with Crippen molar-refractivity contribution in [2.24, 2.45) is 5.14 Å². The molecule has 1 aliphatic rings. The van der Waals surface area contributed by atoms with Crippen LogP contribution in [-0.4, -0.2) is 52.1 Å². The van der Waals surface area contributed by atoms with Gasteiger partial charge in [-0.2, -0.15) is 0 Å². The van der Waals surface area contributed by atoms with Crippen molar-refractivity contribution in [1.82, 2.24) is 4.90 Å². The molecule has 20 heavy (non-hydrogen) atoms. The number of primary sulfonamides is 1. The van der Waals surface area contributed by atoms with E-state index >= 15 is 0 Å². The highest BCUT2D eigenvalue weighted by molar-refractivity contribution is 7.89. The number of amides is 1. The zero-order valence-electron chi connectivity index (χ0n) is 10.8. The van der Waals surface area contributed by atoms with Crippen LogP contribution in [0.5, 0.6) is 5.75 Å². The number of nitrogens with two attached hydrogens (primary N) is 1. The van der Waals surface area contributed by atoms with Crippen molar-refractivity contribution in [2.75, 3.05) is 32.9 Å². The summed E-state index contributed by atoms with van der Waals surface area (Å²) in [5.41, 5.74) is 0. The number of carbonyl (C=O) groups is 1.